The lowest BCUT2D eigenvalue weighted by molar-refractivity contribution is -0.145. The highest BCUT2D eigenvalue weighted by atomic mass is 16.2. The summed E-state index contributed by atoms with van der Waals surface area (Å²) in [6.45, 7) is 7.10. The van der Waals surface area contributed by atoms with E-state index in [2.05, 4.69) is 36.1 Å². The molecule has 1 aromatic rings. The van der Waals surface area contributed by atoms with Crippen LogP contribution in [0.2, 0.25) is 0 Å². The first-order valence-corrected chi connectivity index (χ1v) is 8.83. The maximum Gasteiger partial charge on any atom is 0.226 e. The number of aryl methyl sites for hydroxylation is 1. The molecule has 24 heavy (non-hydrogen) atoms. The molecule has 2 heterocycles. The van der Waals surface area contributed by atoms with Gasteiger partial charge in [-0.05, 0) is 18.9 Å². The Morgan fingerprint density at radius 1 is 1.17 bits per heavy atom. The Hall–Kier alpha value is -1.88. The number of amides is 2. The summed E-state index contributed by atoms with van der Waals surface area (Å²) in [7, 11) is 1.81. The first kappa shape index (κ1) is 17.0. The van der Waals surface area contributed by atoms with Crippen molar-refractivity contribution in [3.63, 3.8) is 0 Å². The second kappa shape index (κ2) is 7.34. The molecule has 2 amide bonds. The summed E-state index contributed by atoms with van der Waals surface area (Å²) in [5, 5.41) is 0. The number of piperazine rings is 1. The zero-order valence-electron chi connectivity index (χ0n) is 14.7. The number of carbonyl (C=O) groups is 2. The van der Waals surface area contributed by atoms with Crippen LogP contribution < -0.4 is 0 Å². The molecule has 2 saturated heterocycles. The van der Waals surface area contributed by atoms with E-state index in [9.17, 15) is 9.59 Å². The molecular weight excluding hydrogens is 302 g/mol. The van der Waals surface area contributed by atoms with Crippen molar-refractivity contribution >= 4 is 11.8 Å². The Bertz CT molecular complexity index is 608. The van der Waals surface area contributed by atoms with Gasteiger partial charge in [0.05, 0.1) is 0 Å². The largest absolute Gasteiger partial charge is 0.346 e. The van der Waals surface area contributed by atoms with E-state index in [1.807, 2.05) is 11.9 Å². The van der Waals surface area contributed by atoms with Crippen LogP contribution in [0.4, 0.5) is 0 Å². The van der Waals surface area contributed by atoms with Crippen LogP contribution in [0.1, 0.15) is 24.0 Å². The fourth-order valence-electron chi connectivity index (χ4n) is 3.61. The quantitative estimate of drug-likeness (QED) is 0.844. The summed E-state index contributed by atoms with van der Waals surface area (Å²) in [6, 6.07) is 8.60. The van der Waals surface area contributed by atoms with Crippen molar-refractivity contribution in [3.8, 4) is 0 Å². The van der Waals surface area contributed by atoms with E-state index in [1.54, 1.807) is 4.90 Å². The molecule has 1 unspecified atom stereocenters. The molecule has 0 bridgehead atoms. The van der Waals surface area contributed by atoms with Crippen molar-refractivity contribution < 1.29 is 9.59 Å². The third-order valence-corrected chi connectivity index (χ3v) is 5.18. The van der Waals surface area contributed by atoms with E-state index in [-0.39, 0.29) is 17.7 Å². The number of benzene rings is 1. The van der Waals surface area contributed by atoms with Crippen molar-refractivity contribution in [2.45, 2.75) is 26.3 Å². The minimum atomic E-state index is -0.114. The van der Waals surface area contributed by atoms with Crippen LogP contribution in [0.15, 0.2) is 24.3 Å². The number of nitrogens with zero attached hydrogens (tertiary/aromatic N) is 3. The van der Waals surface area contributed by atoms with Gasteiger partial charge in [0.2, 0.25) is 11.8 Å². The van der Waals surface area contributed by atoms with Crippen LogP contribution in [-0.2, 0) is 16.1 Å². The number of rotatable bonds is 3. The highest BCUT2D eigenvalue weighted by Crippen LogP contribution is 2.21. The van der Waals surface area contributed by atoms with Crippen molar-refractivity contribution in [1.82, 2.24) is 14.7 Å². The molecule has 0 aliphatic carbocycles. The van der Waals surface area contributed by atoms with Crippen LogP contribution in [0.25, 0.3) is 0 Å². The van der Waals surface area contributed by atoms with Crippen LogP contribution in [-0.4, -0.2) is 66.3 Å². The van der Waals surface area contributed by atoms with E-state index in [0.717, 1.165) is 39.1 Å². The summed E-state index contributed by atoms with van der Waals surface area (Å²) in [5.74, 6) is 0.154. The zero-order chi connectivity index (χ0) is 17.1. The normalized spacial score (nSPS) is 22.8. The van der Waals surface area contributed by atoms with Crippen molar-refractivity contribution in [1.29, 1.82) is 0 Å². The van der Waals surface area contributed by atoms with Crippen LogP contribution in [0, 0.1) is 12.8 Å². The van der Waals surface area contributed by atoms with E-state index in [0.29, 0.717) is 13.0 Å². The molecule has 0 aromatic heterocycles. The number of hydrogen-bond donors (Lipinski definition) is 0. The monoisotopic (exact) mass is 329 g/mol. The maximum absolute atomic E-state index is 12.7. The molecule has 130 valence electrons. The molecule has 2 aliphatic heterocycles. The summed E-state index contributed by atoms with van der Waals surface area (Å²) < 4.78 is 0. The predicted octanol–water partition coefficient (Wildman–Crippen LogP) is 1.51. The smallest absolute Gasteiger partial charge is 0.226 e. The highest BCUT2D eigenvalue weighted by Gasteiger charge is 2.32. The lowest BCUT2D eigenvalue weighted by Crippen LogP contribution is -2.51. The molecule has 3 rings (SSSR count). The molecular formula is C19H27N3O2. The number of carbonyl (C=O) groups excluding carboxylic acids is 2. The Labute approximate surface area is 144 Å². The summed E-state index contributed by atoms with van der Waals surface area (Å²) in [5.41, 5.74) is 2.61. The second-order valence-corrected chi connectivity index (χ2v) is 7.10. The van der Waals surface area contributed by atoms with Gasteiger partial charge in [0.25, 0.3) is 0 Å². The number of piperidine rings is 1. The minimum Gasteiger partial charge on any atom is -0.346 e. The van der Waals surface area contributed by atoms with Crippen molar-refractivity contribution in [3.05, 3.63) is 35.4 Å². The van der Waals surface area contributed by atoms with E-state index in [4.69, 9.17) is 0 Å². The molecule has 5 nitrogen and oxygen atoms in total. The number of hydrogen-bond acceptors (Lipinski definition) is 3. The van der Waals surface area contributed by atoms with Crippen LogP contribution in [0.3, 0.4) is 0 Å². The van der Waals surface area contributed by atoms with Crippen molar-refractivity contribution in [2.24, 2.45) is 5.92 Å². The molecule has 0 saturated carbocycles. The van der Waals surface area contributed by atoms with Gasteiger partial charge in [-0.2, -0.15) is 0 Å². The third kappa shape index (κ3) is 3.96. The molecule has 5 heteroatoms. The summed E-state index contributed by atoms with van der Waals surface area (Å²) >= 11 is 0. The van der Waals surface area contributed by atoms with E-state index in [1.165, 1.54) is 11.1 Å². The molecule has 1 atom stereocenters. The maximum atomic E-state index is 12.7. The fourth-order valence-corrected chi connectivity index (χ4v) is 3.61. The average molecular weight is 329 g/mol. The lowest BCUT2D eigenvalue weighted by atomic mass is 9.94. The fraction of sp³-hybridized carbons (Fsp3) is 0.579. The van der Waals surface area contributed by atoms with Gasteiger partial charge in [-0.1, -0.05) is 29.8 Å². The van der Waals surface area contributed by atoms with Crippen molar-refractivity contribution in [2.75, 3.05) is 39.8 Å². The van der Waals surface area contributed by atoms with Gasteiger partial charge in [-0.15, -0.1) is 0 Å². The third-order valence-electron chi connectivity index (χ3n) is 5.18. The lowest BCUT2D eigenvalue weighted by Gasteiger charge is -2.38. The molecule has 1 aromatic carbocycles. The molecule has 0 radical (unpaired) electrons. The van der Waals surface area contributed by atoms with E-state index >= 15 is 0 Å². The molecule has 0 spiro atoms. The van der Waals surface area contributed by atoms with E-state index < -0.39 is 0 Å². The van der Waals surface area contributed by atoms with Gasteiger partial charge in [0.1, 0.15) is 0 Å². The van der Waals surface area contributed by atoms with Gasteiger partial charge in [0, 0.05) is 58.7 Å². The Morgan fingerprint density at radius 3 is 2.58 bits per heavy atom. The van der Waals surface area contributed by atoms with Crippen LogP contribution in [0.5, 0.6) is 0 Å². The van der Waals surface area contributed by atoms with Gasteiger partial charge in [0.15, 0.2) is 0 Å². The predicted molar refractivity (Wildman–Crippen MR) is 93.4 cm³/mol. The standard InChI is InChI=1S/C19H27N3O2/c1-15-4-3-5-16(12-15)14-21-8-10-22(11-9-21)19(24)17-6-7-20(2)18(23)13-17/h3-5,12,17H,6-11,13-14H2,1-2H3. The Kier molecular flexibility index (Phi) is 5.19. The summed E-state index contributed by atoms with van der Waals surface area (Å²) in [6.07, 6.45) is 1.17. The minimum absolute atomic E-state index is 0.0951. The first-order chi connectivity index (χ1) is 11.5. The molecule has 0 N–H and O–H groups in total. The Morgan fingerprint density at radius 2 is 1.92 bits per heavy atom. The average Bonchev–Trinajstić information content (AvgIpc) is 2.57. The molecule has 2 aliphatic rings. The Balaban J connectivity index is 1.49. The molecule has 2 fully saturated rings. The SMILES string of the molecule is Cc1cccc(CN2CCN(C(=O)C3CCN(C)C(=O)C3)CC2)c1. The van der Waals surface area contributed by atoms with Gasteiger partial charge in [-0.3, -0.25) is 14.5 Å². The zero-order valence-corrected chi connectivity index (χ0v) is 14.7. The summed E-state index contributed by atoms with van der Waals surface area (Å²) in [4.78, 5) is 30.6. The first-order valence-electron chi connectivity index (χ1n) is 8.83. The highest BCUT2D eigenvalue weighted by molar-refractivity contribution is 5.87. The van der Waals surface area contributed by atoms with Crippen LogP contribution >= 0.6 is 0 Å². The van der Waals surface area contributed by atoms with Gasteiger partial charge >= 0.3 is 0 Å². The van der Waals surface area contributed by atoms with Gasteiger partial charge in [-0.25, -0.2) is 0 Å². The van der Waals surface area contributed by atoms with Gasteiger partial charge < -0.3 is 9.80 Å². The topological polar surface area (TPSA) is 43.9 Å². The second-order valence-electron chi connectivity index (χ2n) is 7.10. The number of likely N-dealkylation sites (tertiary alicyclic amines) is 1.